The van der Waals surface area contributed by atoms with Gasteiger partial charge in [-0.05, 0) is 42.8 Å². The number of benzene rings is 2. The fourth-order valence-electron chi connectivity index (χ4n) is 1.98. The molecule has 0 saturated carbocycles. The number of para-hydroxylation sites is 1. The van der Waals surface area contributed by atoms with Gasteiger partial charge in [0.05, 0.1) is 11.1 Å². The van der Waals surface area contributed by atoms with Crippen molar-refractivity contribution in [2.75, 3.05) is 0 Å². The molecule has 7 heteroatoms. The quantitative estimate of drug-likeness (QED) is 0.639. The van der Waals surface area contributed by atoms with Gasteiger partial charge in [-0.3, -0.25) is 0 Å². The largest absolute Gasteiger partial charge is 0.486 e. The van der Waals surface area contributed by atoms with Gasteiger partial charge in [-0.15, -0.1) is 0 Å². The summed E-state index contributed by atoms with van der Waals surface area (Å²) in [6, 6.07) is 9.57. The van der Waals surface area contributed by atoms with Gasteiger partial charge < -0.3 is 4.74 Å². The molecule has 0 saturated heterocycles. The number of alkyl halides is 6. The Morgan fingerprint density at radius 1 is 0.783 bits per heavy atom. The smallest absolute Gasteiger partial charge is 0.416 e. The van der Waals surface area contributed by atoms with Crippen LogP contribution in [0.4, 0.5) is 26.3 Å². The molecule has 0 amide bonds. The number of rotatable bonds is 3. The normalized spacial score (nSPS) is 13.7. The van der Waals surface area contributed by atoms with Crippen molar-refractivity contribution < 1.29 is 31.1 Å². The first-order valence-corrected chi connectivity index (χ1v) is 6.58. The topological polar surface area (TPSA) is 9.23 Å². The number of ether oxygens (including phenoxy) is 1. The van der Waals surface area contributed by atoms with Crippen LogP contribution in [0.25, 0.3) is 0 Å². The Hall–Kier alpha value is -2.18. The van der Waals surface area contributed by atoms with E-state index in [1.165, 1.54) is 6.92 Å². The molecule has 0 radical (unpaired) electrons. The minimum atomic E-state index is -4.87. The first-order chi connectivity index (χ1) is 10.6. The Labute approximate surface area is 128 Å². The zero-order chi connectivity index (χ0) is 17.3. The van der Waals surface area contributed by atoms with E-state index in [4.69, 9.17) is 4.74 Å². The Bertz CT molecular complexity index is 628. The third-order valence-corrected chi connectivity index (χ3v) is 3.14. The molecule has 0 aromatic heterocycles. The summed E-state index contributed by atoms with van der Waals surface area (Å²) < 4.78 is 82.3. The maximum absolute atomic E-state index is 12.8. The average Bonchev–Trinajstić information content (AvgIpc) is 2.46. The van der Waals surface area contributed by atoms with Crippen LogP contribution in [0.1, 0.15) is 29.7 Å². The van der Waals surface area contributed by atoms with E-state index in [0.717, 1.165) is 0 Å². The van der Waals surface area contributed by atoms with Crippen molar-refractivity contribution in [2.24, 2.45) is 0 Å². The molecular weight excluding hydrogens is 322 g/mol. The molecule has 124 valence electrons. The van der Waals surface area contributed by atoms with Crippen LogP contribution >= 0.6 is 0 Å². The fourth-order valence-corrected chi connectivity index (χ4v) is 1.98. The molecule has 0 bridgehead atoms. The van der Waals surface area contributed by atoms with Gasteiger partial charge in [-0.1, -0.05) is 18.2 Å². The van der Waals surface area contributed by atoms with Gasteiger partial charge in [-0.25, -0.2) is 0 Å². The monoisotopic (exact) mass is 334 g/mol. The Morgan fingerprint density at radius 3 is 1.70 bits per heavy atom. The summed E-state index contributed by atoms with van der Waals surface area (Å²) in [5.74, 6) is 0.353. The minimum Gasteiger partial charge on any atom is -0.486 e. The van der Waals surface area contributed by atoms with Crippen LogP contribution in [-0.2, 0) is 12.4 Å². The van der Waals surface area contributed by atoms with Gasteiger partial charge in [0.2, 0.25) is 0 Å². The van der Waals surface area contributed by atoms with Gasteiger partial charge in [-0.2, -0.15) is 26.3 Å². The highest BCUT2D eigenvalue weighted by molar-refractivity contribution is 5.35. The second kappa shape index (κ2) is 6.14. The minimum absolute atomic E-state index is 0.0960. The number of hydrogen-bond donors (Lipinski definition) is 0. The van der Waals surface area contributed by atoms with Crippen molar-refractivity contribution in [3.8, 4) is 5.75 Å². The molecule has 2 rings (SSSR count). The first-order valence-electron chi connectivity index (χ1n) is 6.58. The molecule has 0 spiro atoms. The third kappa shape index (κ3) is 4.40. The summed E-state index contributed by atoms with van der Waals surface area (Å²) >= 11 is 0. The zero-order valence-electron chi connectivity index (χ0n) is 11.9. The molecule has 0 aliphatic carbocycles. The van der Waals surface area contributed by atoms with E-state index in [-0.39, 0.29) is 11.6 Å². The summed E-state index contributed by atoms with van der Waals surface area (Å²) in [7, 11) is 0. The van der Waals surface area contributed by atoms with Gasteiger partial charge in [0, 0.05) is 0 Å². The molecule has 2 aromatic carbocycles. The van der Waals surface area contributed by atoms with Crippen LogP contribution in [0, 0.1) is 0 Å². The number of halogens is 6. The second-order valence-electron chi connectivity index (χ2n) is 4.91. The molecule has 23 heavy (non-hydrogen) atoms. The summed E-state index contributed by atoms with van der Waals surface area (Å²) in [6.45, 7) is 1.39. The Balaban J connectivity index is 2.40. The standard InChI is InChI=1S/C16H12F6O/c1-10(23-14-5-3-2-4-6-14)11-7-12(15(17,18)19)9-13(8-11)16(20,21)22/h2-10H,1H3/t10-/m1/s1. The lowest BCUT2D eigenvalue weighted by Gasteiger charge is -2.19. The SMILES string of the molecule is C[C@@H](Oc1ccccc1)c1cc(C(F)(F)F)cc(C(F)(F)F)c1. The molecule has 0 N–H and O–H groups in total. The third-order valence-electron chi connectivity index (χ3n) is 3.14. The van der Waals surface area contributed by atoms with Crippen molar-refractivity contribution >= 4 is 0 Å². The Morgan fingerprint density at radius 2 is 1.26 bits per heavy atom. The average molecular weight is 334 g/mol. The lowest BCUT2D eigenvalue weighted by molar-refractivity contribution is -0.143. The second-order valence-corrected chi connectivity index (χ2v) is 4.91. The highest BCUT2D eigenvalue weighted by Crippen LogP contribution is 2.38. The van der Waals surface area contributed by atoms with Gasteiger partial charge in [0.25, 0.3) is 0 Å². The molecular formula is C16H12F6O. The molecule has 0 fully saturated rings. The highest BCUT2D eigenvalue weighted by Gasteiger charge is 2.37. The van der Waals surface area contributed by atoms with E-state index in [1.807, 2.05) is 0 Å². The van der Waals surface area contributed by atoms with Crippen molar-refractivity contribution in [2.45, 2.75) is 25.4 Å². The fraction of sp³-hybridized carbons (Fsp3) is 0.250. The van der Waals surface area contributed by atoms with Gasteiger partial charge in [0.1, 0.15) is 11.9 Å². The van der Waals surface area contributed by atoms with Crippen LogP contribution in [0.2, 0.25) is 0 Å². The van der Waals surface area contributed by atoms with Crippen LogP contribution in [-0.4, -0.2) is 0 Å². The maximum Gasteiger partial charge on any atom is 0.416 e. The number of hydrogen-bond acceptors (Lipinski definition) is 1. The molecule has 1 atom stereocenters. The van der Waals surface area contributed by atoms with Crippen molar-refractivity contribution in [3.05, 3.63) is 65.2 Å². The van der Waals surface area contributed by atoms with E-state index in [0.29, 0.717) is 17.9 Å². The summed E-state index contributed by atoms with van der Waals surface area (Å²) in [6.07, 6.45) is -10.7. The summed E-state index contributed by atoms with van der Waals surface area (Å²) in [5, 5.41) is 0. The zero-order valence-corrected chi connectivity index (χ0v) is 11.9. The predicted molar refractivity (Wildman–Crippen MR) is 71.9 cm³/mol. The van der Waals surface area contributed by atoms with Gasteiger partial charge in [0.15, 0.2) is 0 Å². The lowest BCUT2D eigenvalue weighted by Crippen LogP contribution is -2.13. The highest BCUT2D eigenvalue weighted by atomic mass is 19.4. The van der Waals surface area contributed by atoms with E-state index in [9.17, 15) is 26.3 Å². The van der Waals surface area contributed by atoms with E-state index in [1.54, 1.807) is 30.3 Å². The first kappa shape index (κ1) is 17.2. The molecule has 2 aromatic rings. The van der Waals surface area contributed by atoms with Crippen LogP contribution in [0.5, 0.6) is 5.75 Å². The summed E-state index contributed by atoms with van der Waals surface area (Å²) in [5.41, 5.74) is -2.91. The van der Waals surface area contributed by atoms with E-state index >= 15 is 0 Å². The van der Waals surface area contributed by atoms with Crippen molar-refractivity contribution in [3.63, 3.8) is 0 Å². The maximum atomic E-state index is 12.8. The molecule has 0 unspecified atom stereocenters. The van der Waals surface area contributed by atoms with Gasteiger partial charge >= 0.3 is 12.4 Å². The van der Waals surface area contributed by atoms with E-state index in [2.05, 4.69) is 0 Å². The predicted octanol–water partition coefficient (Wildman–Crippen LogP) is 5.86. The van der Waals surface area contributed by atoms with E-state index < -0.39 is 29.6 Å². The van der Waals surface area contributed by atoms with Crippen LogP contribution in [0.15, 0.2) is 48.5 Å². The lowest BCUT2D eigenvalue weighted by atomic mass is 10.0. The molecule has 1 nitrogen and oxygen atoms in total. The van der Waals surface area contributed by atoms with Crippen molar-refractivity contribution in [1.82, 2.24) is 0 Å². The van der Waals surface area contributed by atoms with Crippen LogP contribution < -0.4 is 4.74 Å². The molecule has 0 aliphatic rings. The molecule has 0 heterocycles. The molecule has 0 aliphatic heterocycles. The summed E-state index contributed by atoms with van der Waals surface area (Å²) in [4.78, 5) is 0. The Kier molecular flexibility index (Phi) is 4.58. The van der Waals surface area contributed by atoms with Crippen LogP contribution in [0.3, 0.4) is 0 Å². The van der Waals surface area contributed by atoms with Crippen molar-refractivity contribution in [1.29, 1.82) is 0 Å².